The number of benzene rings is 1. The van der Waals surface area contributed by atoms with E-state index >= 15 is 0 Å². The summed E-state index contributed by atoms with van der Waals surface area (Å²) >= 11 is 15.6. The molecule has 0 bridgehead atoms. The maximum absolute atomic E-state index is 6.20. The van der Waals surface area contributed by atoms with E-state index in [2.05, 4.69) is 15.9 Å². The van der Waals surface area contributed by atoms with Crippen molar-refractivity contribution >= 4 is 51.7 Å². The Morgan fingerprint density at radius 2 is 1.50 bits per heavy atom. The fourth-order valence-corrected chi connectivity index (χ4v) is 2.52. The van der Waals surface area contributed by atoms with E-state index < -0.39 is 7.12 Å². The van der Waals surface area contributed by atoms with Crippen molar-refractivity contribution in [2.75, 3.05) is 0 Å². The molecule has 18 heavy (non-hydrogen) atoms. The van der Waals surface area contributed by atoms with Crippen LogP contribution in [0, 0.1) is 0 Å². The van der Waals surface area contributed by atoms with E-state index in [0.717, 1.165) is 9.94 Å². The maximum Gasteiger partial charge on any atom is 0.496 e. The Balaban J connectivity index is 2.38. The van der Waals surface area contributed by atoms with Crippen LogP contribution in [0.4, 0.5) is 0 Å². The Kier molecular flexibility index (Phi) is 3.81. The summed E-state index contributed by atoms with van der Waals surface area (Å²) in [5, 5.41) is 1.11. The summed E-state index contributed by atoms with van der Waals surface area (Å²) < 4.78 is 12.7. The molecule has 1 heterocycles. The molecule has 0 saturated carbocycles. The lowest BCUT2D eigenvalue weighted by molar-refractivity contribution is 0.00578. The van der Waals surface area contributed by atoms with E-state index in [9.17, 15) is 0 Å². The van der Waals surface area contributed by atoms with Gasteiger partial charge in [-0.2, -0.15) is 0 Å². The van der Waals surface area contributed by atoms with Crippen LogP contribution in [0.25, 0.3) is 0 Å². The van der Waals surface area contributed by atoms with E-state index in [0.29, 0.717) is 10.0 Å². The van der Waals surface area contributed by atoms with Crippen molar-refractivity contribution in [1.29, 1.82) is 0 Å². The minimum absolute atomic E-state index is 0.382. The van der Waals surface area contributed by atoms with Crippen molar-refractivity contribution in [3.63, 3.8) is 0 Å². The van der Waals surface area contributed by atoms with Crippen LogP contribution in [0.2, 0.25) is 10.0 Å². The van der Waals surface area contributed by atoms with Gasteiger partial charge in [-0.1, -0.05) is 23.2 Å². The molecule has 0 spiro atoms. The van der Waals surface area contributed by atoms with Gasteiger partial charge in [-0.3, -0.25) is 0 Å². The van der Waals surface area contributed by atoms with Crippen LogP contribution in [0.1, 0.15) is 27.7 Å². The summed E-state index contributed by atoms with van der Waals surface area (Å²) in [7, 11) is -0.476. The Bertz CT molecular complexity index is 475. The lowest BCUT2D eigenvalue weighted by atomic mass is 9.79. The SMILES string of the molecule is CC1(C)OB(c2cc(Br)c(Cl)cc2Cl)OC1(C)C. The highest BCUT2D eigenvalue weighted by Gasteiger charge is 2.52. The monoisotopic (exact) mass is 350 g/mol. The summed E-state index contributed by atoms with van der Waals surface area (Å²) in [6.07, 6.45) is 0. The highest BCUT2D eigenvalue weighted by atomic mass is 79.9. The highest BCUT2D eigenvalue weighted by Crippen LogP contribution is 2.37. The molecule has 98 valence electrons. The fourth-order valence-electron chi connectivity index (χ4n) is 1.69. The van der Waals surface area contributed by atoms with Crippen molar-refractivity contribution in [1.82, 2.24) is 0 Å². The molecule has 1 saturated heterocycles. The second-order valence-electron chi connectivity index (χ2n) is 5.38. The maximum atomic E-state index is 6.20. The van der Waals surface area contributed by atoms with Gasteiger partial charge in [0.25, 0.3) is 0 Å². The van der Waals surface area contributed by atoms with Crippen LogP contribution >= 0.6 is 39.1 Å². The summed E-state index contributed by atoms with van der Waals surface area (Å²) in [6.45, 7) is 8.02. The van der Waals surface area contributed by atoms with Crippen molar-refractivity contribution in [3.8, 4) is 0 Å². The Labute approximate surface area is 126 Å². The first-order valence-corrected chi connectivity index (χ1v) is 7.19. The third kappa shape index (κ3) is 2.46. The van der Waals surface area contributed by atoms with Gasteiger partial charge >= 0.3 is 7.12 Å². The summed E-state index contributed by atoms with van der Waals surface area (Å²) in [6, 6.07) is 3.53. The Hall–Kier alpha value is 0.265. The first-order chi connectivity index (χ1) is 8.14. The van der Waals surface area contributed by atoms with Crippen LogP contribution in [0.15, 0.2) is 16.6 Å². The van der Waals surface area contributed by atoms with Crippen LogP contribution < -0.4 is 5.46 Å². The minimum Gasteiger partial charge on any atom is -0.399 e. The third-order valence-corrected chi connectivity index (χ3v) is 5.07. The molecule has 0 N–H and O–H groups in total. The zero-order valence-electron chi connectivity index (χ0n) is 10.7. The molecule has 2 rings (SSSR count). The summed E-state index contributed by atoms with van der Waals surface area (Å²) in [5.74, 6) is 0. The normalized spacial score (nSPS) is 21.4. The van der Waals surface area contributed by atoms with E-state index in [4.69, 9.17) is 32.5 Å². The molecule has 0 atom stereocenters. The number of halogens is 3. The number of hydrogen-bond acceptors (Lipinski definition) is 2. The quantitative estimate of drug-likeness (QED) is 0.561. The average molecular weight is 352 g/mol. The first-order valence-electron chi connectivity index (χ1n) is 5.64. The van der Waals surface area contributed by atoms with Gasteiger partial charge in [-0.05, 0) is 55.8 Å². The fraction of sp³-hybridized carbons (Fsp3) is 0.500. The largest absolute Gasteiger partial charge is 0.496 e. The molecule has 0 aromatic heterocycles. The second kappa shape index (κ2) is 4.67. The molecule has 1 aromatic carbocycles. The molecule has 0 aliphatic carbocycles. The Morgan fingerprint density at radius 3 is 2.00 bits per heavy atom. The Morgan fingerprint density at radius 1 is 1.00 bits per heavy atom. The molecule has 0 amide bonds. The third-order valence-electron chi connectivity index (χ3n) is 3.55. The average Bonchev–Trinajstić information content (AvgIpc) is 2.42. The van der Waals surface area contributed by atoms with Crippen molar-refractivity contribution in [3.05, 3.63) is 26.7 Å². The van der Waals surface area contributed by atoms with Gasteiger partial charge in [0.1, 0.15) is 0 Å². The highest BCUT2D eigenvalue weighted by molar-refractivity contribution is 9.10. The van der Waals surface area contributed by atoms with Crippen LogP contribution in [0.3, 0.4) is 0 Å². The molecule has 1 aliphatic rings. The molecule has 0 unspecified atom stereocenters. The smallest absolute Gasteiger partial charge is 0.399 e. The van der Waals surface area contributed by atoms with Gasteiger partial charge in [0.2, 0.25) is 0 Å². The van der Waals surface area contributed by atoms with E-state index in [-0.39, 0.29) is 11.2 Å². The van der Waals surface area contributed by atoms with Crippen LogP contribution in [-0.2, 0) is 9.31 Å². The summed E-state index contributed by atoms with van der Waals surface area (Å²) in [4.78, 5) is 0. The molecule has 1 aliphatic heterocycles. The molecule has 1 fully saturated rings. The number of rotatable bonds is 1. The van der Waals surface area contributed by atoms with Crippen molar-refractivity contribution < 1.29 is 9.31 Å². The lowest BCUT2D eigenvalue weighted by Crippen LogP contribution is -2.41. The predicted molar refractivity (Wildman–Crippen MR) is 79.9 cm³/mol. The topological polar surface area (TPSA) is 18.5 Å². The molecule has 6 heteroatoms. The predicted octanol–water partition coefficient (Wildman–Crippen LogP) is 4.06. The van der Waals surface area contributed by atoms with Crippen LogP contribution in [0.5, 0.6) is 0 Å². The van der Waals surface area contributed by atoms with E-state index in [1.807, 2.05) is 33.8 Å². The molecule has 1 aromatic rings. The molecule has 0 radical (unpaired) electrons. The molecular formula is C12H14BBrCl2O2. The summed E-state index contributed by atoms with van der Waals surface area (Å²) in [5.41, 5.74) is 0.0202. The van der Waals surface area contributed by atoms with Crippen molar-refractivity contribution in [2.24, 2.45) is 0 Å². The van der Waals surface area contributed by atoms with Gasteiger partial charge in [0.15, 0.2) is 0 Å². The van der Waals surface area contributed by atoms with Gasteiger partial charge in [-0.25, -0.2) is 0 Å². The minimum atomic E-state index is -0.476. The number of hydrogen-bond donors (Lipinski definition) is 0. The van der Waals surface area contributed by atoms with E-state index in [1.165, 1.54) is 0 Å². The zero-order valence-corrected chi connectivity index (χ0v) is 13.8. The molecular weight excluding hydrogens is 338 g/mol. The van der Waals surface area contributed by atoms with Gasteiger partial charge in [-0.15, -0.1) is 0 Å². The standard InChI is InChI=1S/C12H14BBrCl2O2/c1-11(2)12(3,4)18-13(17-11)7-5-8(14)10(16)6-9(7)15/h5-6H,1-4H3. The van der Waals surface area contributed by atoms with Crippen molar-refractivity contribution in [2.45, 2.75) is 38.9 Å². The van der Waals surface area contributed by atoms with Gasteiger partial charge in [0.05, 0.1) is 16.2 Å². The zero-order chi connectivity index (χ0) is 13.7. The molecule has 2 nitrogen and oxygen atoms in total. The van der Waals surface area contributed by atoms with Gasteiger partial charge < -0.3 is 9.31 Å². The van der Waals surface area contributed by atoms with E-state index in [1.54, 1.807) is 6.07 Å². The second-order valence-corrected chi connectivity index (χ2v) is 7.04. The van der Waals surface area contributed by atoms with Crippen LogP contribution in [-0.4, -0.2) is 18.3 Å². The van der Waals surface area contributed by atoms with Gasteiger partial charge in [0, 0.05) is 15.0 Å². The lowest BCUT2D eigenvalue weighted by Gasteiger charge is -2.32. The first kappa shape index (κ1) is 14.7.